The van der Waals surface area contributed by atoms with E-state index >= 15 is 0 Å². The van der Waals surface area contributed by atoms with Gasteiger partial charge < -0.3 is 10.1 Å². The normalized spacial score (nSPS) is 10.6. The fourth-order valence-corrected chi connectivity index (χ4v) is 1.28. The van der Waals surface area contributed by atoms with E-state index in [4.69, 9.17) is 4.74 Å². The van der Waals surface area contributed by atoms with Crippen molar-refractivity contribution in [3.05, 3.63) is 23.5 Å². The highest BCUT2D eigenvalue weighted by Gasteiger charge is 2.08. The van der Waals surface area contributed by atoms with Gasteiger partial charge in [-0.15, -0.1) is 5.10 Å². The molecule has 0 aliphatic rings. The van der Waals surface area contributed by atoms with Crippen molar-refractivity contribution in [2.45, 2.75) is 26.2 Å². The first-order valence-electron chi connectivity index (χ1n) is 5.76. The first-order valence-corrected chi connectivity index (χ1v) is 5.76. The molecule has 5 heteroatoms. The van der Waals surface area contributed by atoms with Crippen LogP contribution in [0, 0.1) is 0 Å². The summed E-state index contributed by atoms with van der Waals surface area (Å²) in [5, 5.41) is 10.7. The van der Waals surface area contributed by atoms with Gasteiger partial charge in [0.2, 0.25) is 0 Å². The number of carbonyl (C=O) groups is 1. The maximum atomic E-state index is 11.6. The first-order chi connectivity index (χ1) is 8.15. The Bertz CT molecular complexity index is 349. The summed E-state index contributed by atoms with van der Waals surface area (Å²) in [5.74, 6) is 0.130. The lowest BCUT2D eigenvalue weighted by Crippen LogP contribution is -2.26. The van der Waals surface area contributed by atoms with E-state index in [1.165, 1.54) is 0 Å². The van der Waals surface area contributed by atoms with Crippen molar-refractivity contribution < 1.29 is 9.53 Å². The van der Waals surface area contributed by atoms with Crippen molar-refractivity contribution in [1.29, 1.82) is 0 Å². The topological polar surface area (TPSA) is 64.1 Å². The van der Waals surface area contributed by atoms with Gasteiger partial charge in [0.1, 0.15) is 0 Å². The summed E-state index contributed by atoms with van der Waals surface area (Å²) >= 11 is 0. The van der Waals surface area contributed by atoms with Gasteiger partial charge in [0.25, 0.3) is 5.91 Å². The van der Waals surface area contributed by atoms with Gasteiger partial charge in [-0.2, -0.15) is 5.10 Å². The molecule has 0 aliphatic carbocycles. The summed E-state index contributed by atoms with van der Waals surface area (Å²) < 4.78 is 4.89. The number of ether oxygens (including phenoxy) is 1. The molecule has 0 radical (unpaired) electrons. The molecule has 0 aromatic carbocycles. The highest BCUT2D eigenvalue weighted by atomic mass is 16.5. The van der Waals surface area contributed by atoms with E-state index in [1.54, 1.807) is 13.2 Å². The lowest BCUT2D eigenvalue weighted by atomic mass is 10.1. The summed E-state index contributed by atoms with van der Waals surface area (Å²) in [4.78, 5) is 11.6. The van der Waals surface area contributed by atoms with E-state index in [-0.39, 0.29) is 5.91 Å². The summed E-state index contributed by atoms with van der Waals surface area (Å²) in [6.45, 7) is 5.29. The summed E-state index contributed by atoms with van der Waals surface area (Å²) in [5.41, 5.74) is 1.24. The van der Waals surface area contributed by atoms with E-state index < -0.39 is 0 Å². The monoisotopic (exact) mass is 237 g/mol. The van der Waals surface area contributed by atoms with Crippen molar-refractivity contribution in [1.82, 2.24) is 15.5 Å². The molecular formula is C12H19N3O2. The van der Waals surface area contributed by atoms with Gasteiger partial charge in [-0.3, -0.25) is 4.79 Å². The van der Waals surface area contributed by atoms with Crippen molar-refractivity contribution in [3.63, 3.8) is 0 Å². The predicted octanol–water partition coefficient (Wildman–Crippen LogP) is 1.37. The molecule has 1 heterocycles. The number of methoxy groups -OCH3 is 1. The summed E-state index contributed by atoms with van der Waals surface area (Å²) in [6.07, 6.45) is 0.791. The van der Waals surface area contributed by atoms with Gasteiger partial charge in [-0.1, -0.05) is 13.8 Å². The minimum absolute atomic E-state index is 0.191. The van der Waals surface area contributed by atoms with Crippen LogP contribution in [0.2, 0.25) is 0 Å². The van der Waals surface area contributed by atoms with Crippen LogP contribution in [0.25, 0.3) is 0 Å². The molecule has 1 rings (SSSR count). The Morgan fingerprint density at radius 1 is 1.41 bits per heavy atom. The Balaban J connectivity index is 2.46. The molecule has 1 N–H and O–H groups in total. The summed E-state index contributed by atoms with van der Waals surface area (Å²) in [6, 6.07) is 3.54. The smallest absolute Gasteiger partial charge is 0.271 e. The maximum absolute atomic E-state index is 11.6. The lowest BCUT2D eigenvalue weighted by molar-refractivity contribution is 0.0942. The number of nitrogens with zero attached hydrogens (tertiary/aromatic N) is 2. The van der Waals surface area contributed by atoms with Crippen LogP contribution in [-0.2, 0) is 4.74 Å². The second kappa shape index (κ2) is 6.96. The van der Waals surface area contributed by atoms with E-state index in [0.29, 0.717) is 24.8 Å². The molecule has 0 saturated heterocycles. The Morgan fingerprint density at radius 3 is 2.71 bits per heavy atom. The Morgan fingerprint density at radius 2 is 2.18 bits per heavy atom. The zero-order valence-electron chi connectivity index (χ0n) is 10.6. The van der Waals surface area contributed by atoms with Gasteiger partial charge in [0.05, 0.1) is 5.69 Å². The number of aromatic nitrogens is 2. The third-order valence-electron chi connectivity index (χ3n) is 2.32. The zero-order chi connectivity index (χ0) is 12.7. The van der Waals surface area contributed by atoms with Crippen molar-refractivity contribution in [2.75, 3.05) is 20.3 Å². The van der Waals surface area contributed by atoms with Crippen LogP contribution in [0.1, 0.15) is 42.4 Å². The van der Waals surface area contributed by atoms with Crippen LogP contribution in [0.4, 0.5) is 0 Å². The van der Waals surface area contributed by atoms with Crippen molar-refractivity contribution >= 4 is 5.91 Å². The molecule has 5 nitrogen and oxygen atoms in total. The van der Waals surface area contributed by atoms with E-state index in [2.05, 4.69) is 15.5 Å². The second-order valence-electron chi connectivity index (χ2n) is 4.10. The van der Waals surface area contributed by atoms with Crippen molar-refractivity contribution in [2.24, 2.45) is 0 Å². The molecule has 0 aliphatic heterocycles. The number of rotatable bonds is 6. The molecule has 0 fully saturated rings. The average molecular weight is 237 g/mol. The van der Waals surface area contributed by atoms with Crippen LogP contribution in [0.3, 0.4) is 0 Å². The van der Waals surface area contributed by atoms with Crippen LogP contribution >= 0.6 is 0 Å². The second-order valence-corrected chi connectivity index (χ2v) is 4.10. The minimum atomic E-state index is -0.191. The molecule has 1 amide bonds. The average Bonchev–Trinajstić information content (AvgIpc) is 2.34. The number of nitrogens with one attached hydrogen (secondary N) is 1. The van der Waals surface area contributed by atoms with E-state index in [0.717, 1.165) is 12.1 Å². The number of carbonyl (C=O) groups excluding carboxylic acids is 1. The van der Waals surface area contributed by atoms with E-state index in [9.17, 15) is 4.79 Å². The molecule has 0 atom stereocenters. The lowest BCUT2D eigenvalue weighted by Gasteiger charge is -2.05. The molecule has 1 aromatic heterocycles. The molecule has 17 heavy (non-hydrogen) atoms. The fraction of sp³-hybridized carbons (Fsp3) is 0.583. The molecular weight excluding hydrogens is 218 g/mol. The summed E-state index contributed by atoms with van der Waals surface area (Å²) in [7, 11) is 1.64. The zero-order valence-corrected chi connectivity index (χ0v) is 10.6. The van der Waals surface area contributed by atoms with Crippen LogP contribution in [0.5, 0.6) is 0 Å². The predicted molar refractivity (Wildman–Crippen MR) is 64.9 cm³/mol. The van der Waals surface area contributed by atoms with Crippen LogP contribution in [-0.4, -0.2) is 36.4 Å². The SMILES string of the molecule is COCCCNC(=O)c1ccc(C(C)C)nn1. The van der Waals surface area contributed by atoms with Crippen LogP contribution in [0.15, 0.2) is 12.1 Å². The Hall–Kier alpha value is -1.49. The fourth-order valence-electron chi connectivity index (χ4n) is 1.28. The molecule has 94 valence electrons. The Labute approximate surface area is 102 Å². The van der Waals surface area contributed by atoms with Gasteiger partial charge in [0, 0.05) is 20.3 Å². The van der Waals surface area contributed by atoms with E-state index in [1.807, 2.05) is 19.9 Å². The number of amides is 1. The van der Waals surface area contributed by atoms with Gasteiger partial charge >= 0.3 is 0 Å². The highest BCUT2D eigenvalue weighted by molar-refractivity contribution is 5.91. The largest absolute Gasteiger partial charge is 0.385 e. The third kappa shape index (κ3) is 4.48. The van der Waals surface area contributed by atoms with Gasteiger partial charge in [-0.05, 0) is 24.5 Å². The molecule has 1 aromatic rings. The van der Waals surface area contributed by atoms with Crippen molar-refractivity contribution in [3.8, 4) is 0 Å². The molecule has 0 bridgehead atoms. The van der Waals surface area contributed by atoms with Gasteiger partial charge in [-0.25, -0.2) is 0 Å². The standard InChI is InChI=1S/C12H19N3O2/c1-9(2)10-5-6-11(15-14-10)12(16)13-7-4-8-17-3/h5-6,9H,4,7-8H2,1-3H3,(H,13,16). The number of hydrogen-bond acceptors (Lipinski definition) is 4. The highest BCUT2D eigenvalue weighted by Crippen LogP contribution is 2.09. The molecule has 0 unspecified atom stereocenters. The van der Waals surface area contributed by atoms with Gasteiger partial charge in [0.15, 0.2) is 5.69 Å². The maximum Gasteiger partial charge on any atom is 0.271 e. The minimum Gasteiger partial charge on any atom is -0.385 e. The third-order valence-corrected chi connectivity index (χ3v) is 2.32. The quantitative estimate of drug-likeness (QED) is 0.759. The number of hydrogen-bond donors (Lipinski definition) is 1. The Kier molecular flexibility index (Phi) is 5.56. The first kappa shape index (κ1) is 13.6. The molecule has 0 spiro atoms. The molecule has 0 saturated carbocycles. The van der Waals surface area contributed by atoms with Crippen LogP contribution < -0.4 is 5.32 Å².